The fourth-order valence-corrected chi connectivity index (χ4v) is 4.27. The summed E-state index contributed by atoms with van der Waals surface area (Å²) in [6.45, 7) is 0. The first-order valence-corrected chi connectivity index (χ1v) is 10.5. The van der Waals surface area contributed by atoms with E-state index >= 15 is 0 Å². The van der Waals surface area contributed by atoms with Crippen molar-refractivity contribution in [1.29, 1.82) is 0 Å². The normalized spacial score (nSPS) is 12.1. The summed E-state index contributed by atoms with van der Waals surface area (Å²) in [6.07, 6.45) is -2.89. The molecule has 1 N–H and O–H groups in total. The van der Waals surface area contributed by atoms with E-state index in [0.717, 1.165) is 38.7 Å². The SMILES string of the molecule is O=c1oc2ccc(-c3cnc4ccccc4c3)cc2c2c1[nH]c(=O)n2-c1cccc(C(F)(F)F)c1. The van der Waals surface area contributed by atoms with Gasteiger partial charge in [0.1, 0.15) is 5.58 Å². The number of fused-ring (bicyclic) bond motifs is 4. The quantitative estimate of drug-likeness (QED) is 0.329. The third-order valence-corrected chi connectivity index (χ3v) is 5.89. The van der Waals surface area contributed by atoms with Gasteiger partial charge in [0, 0.05) is 22.5 Å². The summed E-state index contributed by atoms with van der Waals surface area (Å²) >= 11 is 0. The van der Waals surface area contributed by atoms with Gasteiger partial charge in [-0.05, 0) is 48.0 Å². The summed E-state index contributed by atoms with van der Waals surface area (Å²) < 4.78 is 46.4. The molecule has 0 saturated carbocycles. The van der Waals surface area contributed by atoms with Gasteiger partial charge in [0.05, 0.1) is 22.3 Å². The molecule has 0 aliphatic carbocycles. The van der Waals surface area contributed by atoms with Crippen LogP contribution >= 0.6 is 0 Å². The summed E-state index contributed by atoms with van der Waals surface area (Å²) in [7, 11) is 0. The van der Waals surface area contributed by atoms with Gasteiger partial charge in [-0.1, -0.05) is 30.3 Å². The van der Waals surface area contributed by atoms with Crippen LogP contribution in [-0.4, -0.2) is 14.5 Å². The Morgan fingerprint density at radius 3 is 2.54 bits per heavy atom. The summed E-state index contributed by atoms with van der Waals surface area (Å²) in [4.78, 5) is 32.3. The van der Waals surface area contributed by atoms with Gasteiger partial charge in [0.2, 0.25) is 0 Å². The maximum atomic E-state index is 13.3. The monoisotopic (exact) mass is 473 g/mol. The third-order valence-electron chi connectivity index (χ3n) is 5.89. The molecule has 9 heteroatoms. The van der Waals surface area contributed by atoms with Gasteiger partial charge in [0.25, 0.3) is 0 Å². The minimum atomic E-state index is -4.59. The van der Waals surface area contributed by atoms with Crippen LogP contribution in [0.5, 0.6) is 0 Å². The number of aromatic nitrogens is 3. The zero-order valence-electron chi connectivity index (χ0n) is 17.8. The van der Waals surface area contributed by atoms with Crippen LogP contribution in [0.2, 0.25) is 0 Å². The number of alkyl halides is 3. The van der Waals surface area contributed by atoms with Gasteiger partial charge in [0.15, 0.2) is 5.52 Å². The molecule has 0 atom stereocenters. The number of hydrogen-bond donors (Lipinski definition) is 1. The Morgan fingerprint density at radius 2 is 1.71 bits per heavy atom. The van der Waals surface area contributed by atoms with Gasteiger partial charge >= 0.3 is 17.5 Å². The molecule has 3 aromatic carbocycles. The third kappa shape index (κ3) is 3.40. The van der Waals surface area contributed by atoms with Crippen molar-refractivity contribution in [2.24, 2.45) is 0 Å². The molecule has 3 heterocycles. The highest BCUT2D eigenvalue weighted by molar-refractivity contribution is 6.03. The number of benzene rings is 3. The van der Waals surface area contributed by atoms with Crippen molar-refractivity contribution in [3.05, 3.63) is 105 Å². The van der Waals surface area contributed by atoms with E-state index in [0.29, 0.717) is 5.39 Å². The number of para-hydroxylation sites is 1. The van der Waals surface area contributed by atoms with Crippen molar-refractivity contribution in [3.63, 3.8) is 0 Å². The highest BCUT2D eigenvalue weighted by Crippen LogP contribution is 2.32. The molecule has 0 bridgehead atoms. The lowest BCUT2D eigenvalue weighted by molar-refractivity contribution is -0.137. The summed E-state index contributed by atoms with van der Waals surface area (Å²) in [5.74, 6) is 0. The second-order valence-electron chi connectivity index (χ2n) is 8.05. The molecule has 0 saturated heterocycles. The van der Waals surface area contributed by atoms with Crippen molar-refractivity contribution in [2.45, 2.75) is 6.18 Å². The number of rotatable bonds is 2. The highest BCUT2D eigenvalue weighted by atomic mass is 19.4. The first-order valence-electron chi connectivity index (χ1n) is 10.5. The number of pyridine rings is 1. The molecule has 6 nitrogen and oxygen atoms in total. The summed E-state index contributed by atoms with van der Waals surface area (Å²) in [6, 6.07) is 19.0. The van der Waals surface area contributed by atoms with E-state index in [1.165, 1.54) is 12.1 Å². The summed E-state index contributed by atoms with van der Waals surface area (Å²) in [5.41, 5.74) is 0.0576. The second-order valence-corrected chi connectivity index (χ2v) is 8.05. The van der Waals surface area contributed by atoms with Gasteiger partial charge in [-0.25, -0.2) is 9.59 Å². The molecule has 6 aromatic rings. The van der Waals surface area contributed by atoms with Crippen LogP contribution in [0, 0.1) is 0 Å². The minimum absolute atomic E-state index is 0.0271. The molecule has 3 aromatic heterocycles. The number of aromatic amines is 1. The zero-order valence-corrected chi connectivity index (χ0v) is 17.8. The Bertz CT molecular complexity index is 1900. The lowest BCUT2D eigenvalue weighted by Gasteiger charge is -2.11. The highest BCUT2D eigenvalue weighted by Gasteiger charge is 2.31. The average molecular weight is 473 g/mol. The van der Waals surface area contributed by atoms with E-state index in [1.54, 1.807) is 24.4 Å². The van der Waals surface area contributed by atoms with Crippen molar-refractivity contribution in [3.8, 4) is 16.8 Å². The van der Waals surface area contributed by atoms with Gasteiger partial charge in [-0.2, -0.15) is 13.2 Å². The maximum Gasteiger partial charge on any atom is 0.416 e. The largest absolute Gasteiger partial charge is 0.421 e. The van der Waals surface area contributed by atoms with Crippen LogP contribution in [0.1, 0.15) is 5.56 Å². The molecule has 0 aliphatic heterocycles. The molecule has 172 valence electrons. The Morgan fingerprint density at radius 1 is 0.886 bits per heavy atom. The maximum absolute atomic E-state index is 13.3. The lowest BCUT2D eigenvalue weighted by Crippen LogP contribution is -2.15. The smallest absolute Gasteiger partial charge is 0.416 e. The van der Waals surface area contributed by atoms with Crippen LogP contribution in [0.4, 0.5) is 13.2 Å². The van der Waals surface area contributed by atoms with E-state index in [-0.39, 0.29) is 22.3 Å². The van der Waals surface area contributed by atoms with Crippen molar-refractivity contribution >= 4 is 32.9 Å². The van der Waals surface area contributed by atoms with Crippen LogP contribution < -0.4 is 11.3 Å². The van der Waals surface area contributed by atoms with E-state index in [2.05, 4.69) is 9.97 Å². The Hall–Kier alpha value is -4.66. The van der Waals surface area contributed by atoms with Crippen LogP contribution in [0.25, 0.3) is 49.7 Å². The van der Waals surface area contributed by atoms with E-state index < -0.39 is 23.1 Å². The predicted molar refractivity (Wildman–Crippen MR) is 126 cm³/mol. The van der Waals surface area contributed by atoms with Crippen molar-refractivity contribution < 1.29 is 17.6 Å². The van der Waals surface area contributed by atoms with Crippen LogP contribution in [0.3, 0.4) is 0 Å². The Kier molecular flexibility index (Phi) is 4.44. The minimum Gasteiger partial charge on any atom is -0.421 e. The second kappa shape index (κ2) is 7.42. The van der Waals surface area contributed by atoms with Gasteiger partial charge in [-0.15, -0.1) is 0 Å². The first kappa shape index (κ1) is 20.9. The topological polar surface area (TPSA) is 80.9 Å². The molecule has 0 aliphatic rings. The fourth-order valence-electron chi connectivity index (χ4n) is 4.27. The van der Waals surface area contributed by atoms with E-state index in [1.807, 2.05) is 30.3 Å². The number of nitrogens with zero attached hydrogens (tertiary/aromatic N) is 2. The molecule has 35 heavy (non-hydrogen) atoms. The molecule has 6 rings (SSSR count). The van der Waals surface area contributed by atoms with Crippen LogP contribution in [0.15, 0.2) is 93.0 Å². The number of hydrogen-bond acceptors (Lipinski definition) is 4. The predicted octanol–water partition coefficient (Wildman–Crippen LogP) is 5.66. The lowest BCUT2D eigenvalue weighted by atomic mass is 10.0. The zero-order chi connectivity index (χ0) is 24.3. The Labute approximate surface area is 193 Å². The van der Waals surface area contributed by atoms with E-state index in [4.69, 9.17) is 4.42 Å². The standard InChI is InChI=1S/C26H14F3N3O3/c27-26(28,29)17-5-3-6-18(12-17)32-23-19-11-14(16-10-15-4-1-2-7-20(15)30-13-16)8-9-21(19)35-24(33)22(23)31-25(32)34/h1-13H,(H,31,34). The molecular formula is C26H14F3N3O3. The molecule has 0 unspecified atom stereocenters. The van der Waals surface area contributed by atoms with Crippen molar-refractivity contribution in [2.75, 3.05) is 0 Å². The molecular weight excluding hydrogens is 459 g/mol. The average Bonchev–Trinajstić information content (AvgIpc) is 3.21. The Balaban J connectivity index is 1.65. The van der Waals surface area contributed by atoms with Gasteiger partial charge < -0.3 is 4.42 Å². The summed E-state index contributed by atoms with van der Waals surface area (Å²) in [5, 5.41) is 1.32. The van der Waals surface area contributed by atoms with Crippen molar-refractivity contribution in [1.82, 2.24) is 14.5 Å². The van der Waals surface area contributed by atoms with E-state index in [9.17, 15) is 22.8 Å². The number of imidazole rings is 1. The first-order chi connectivity index (χ1) is 16.8. The number of halogens is 3. The molecule has 0 spiro atoms. The van der Waals surface area contributed by atoms with Gasteiger partial charge in [-0.3, -0.25) is 14.5 Å². The molecule has 0 radical (unpaired) electrons. The fraction of sp³-hybridized carbons (Fsp3) is 0.0385. The number of nitrogens with one attached hydrogen (secondary N) is 1. The number of H-pyrrole nitrogens is 1. The van der Waals surface area contributed by atoms with Crippen LogP contribution in [-0.2, 0) is 6.18 Å². The molecule has 0 fully saturated rings. The molecule has 0 amide bonds.